The molecule has 1 atom stereocenters. The molecule has 1 aromatic heterocycles. The van der Waals surface area contributed by atoms with Crippen LogP contribution in [0.25, 0.3) is 10.8 Å². The Labute approximate surface area is 195 Å². The van der Waals surface area contributed by atoms with Crippen molar-refractivity contribution in [2.75, 3.05) is 39.5 Å². The molecule has 2 aliphatic rings. The van der Waals surface area contributed by atoms with E-state index in [1.165, 1.54) is 16.5 Å². The van der Waals surface area contributed by atoms with Gasteiger partial charge in [-0.25, -0.2) is 0 Å². The number of carbonyl (C=O) groups is 1. The topological polar surface area (TPSA) is 51.7 Å². The maximum absolute atomic E-state index is 14.1. The monoisotopic (exact) mass is 444 g/mol. The molecule has 3 heterocycles. The number of aromatic nitrogens is 1. The van der Waals surface area contributed by atoms with Crippen LogP contribution in [0.3, 0.4) is 0 Å². The fraction of sp³-hybridized carbons (Fsp3) is 0.429. The van der Waals surface area contributed by atoms with Crippen LogP contribution in [0.1, 0.15) is 29.5 Å². The Morgan fingerprint density at radius 2 is 1.88 bits per heavy atom. The average molecular weight is 445 g/mol. The number of rotatable bonds is 4. The molecule has 2 aliphatic heterocycles. The summed E-state index contributed by atoms with van der Waals surface area (Å²) in [6.45, 7) is 5.95. The lowest BCUT2D eigenvalue weighted by Crippen LogP contribution is -2.51. The second-order valence-corrected chi connectivity index (χ2v) is 9.47. The summed E-state index contributed by atoms with van der Waals surface area (Å²) in [4.78, 5) is 20.5. The first-order valence-electron chi connectivity index (χ1n) is 12.0. The fourth-order valence-corrected chi connectivity index (χ4v) is 5.39. The Morgan fingerprint density at radius 1 is 1.06 bits per heavy atom. The second kappa shape index (κ2) is 9.62. The number of aryl methyl sites for hydroxylation is 1. The van der Waals surface area contributed by atoms with E-state index in [0.717, 1.165) is 36.8 Å². The largest absolute Gasteiger partial charge is 0.381 e. The molecule has 3 aromatic rings. The highest BCUT2D eigenvalue weighted by Crippen LogP contribution is 2.37. The van der Waals surface area contributed by atoms with Gasteiger partial charge in [-0.15, -0.1) is 0 Å². The lowest BCUT2D eigenvalue weighted by Gasteiger charge is -2.40. The number of hydrogen-bond acceptors (Lipinski definition) is 4. The van der Waals surface area contributed by atoms with Crippen LogP contribution in [-0.2, 0) is 26.1 Å². The number of pyridine rings is 1. The van der Waals surface area contributed by atoms with Crippen LogP contribution in [0, 0.1) is 12.8 Å². The molecule has 0 aliphatic carbocycles. The van der Waals surface area contributed by atoms with Gasteiger partial charge in [-0.2, -0.15) is 0 Å². The second-order valence-electron chi connectivity index (χ2n) is 9.47. The Bertz CT molecular complexity index is 1100. The zero-order chi connectivity index (χ0) is 22.7. The zero-order valence-electron chi connectivity index (χ0n) is 19.3. The molecule has 0 bridgehead atoms. The minimum absolute atomic E-state index is 0.229. The van der Waals surface area contributed by atoms with Gasteiger partial charge in [0.2, 0.25) is 5.91 Å². The summed E-state index contributed by atoms with van der Waals surface area (Å²) in [5, 5.41) is 2.38. The van der Waals surface area contributed by atoms with E-state index in [-0.39, 0.29) is 11.8 Å². The molecule has 2 saturated heterocycles. The van der Waals surface area contributed by atoms with Crippen molar-refractivity contribution in [1.29, 1.82) is 0 Å². The molecule has 2 aromatic carbocycles. The van der Waals surface area contributed by atoms with Gasteiger partial charge < -0.3 is 14.4 Å². The van der Waals surface area contributed by atoms with Crippen molar-refractivity contribution in [2.45, 2.75) is 31.6 Å². The van der Waals surface area contributed by atoms with Crippen molar-refractivity contribution >= 4 is 16.7 Å². The predicted octanol–water partition coefficient (Wildman–Crippen LogP) is 4.31. The summed E-state index contributed by atoms with van der Waals surface area (Å²) in [6.07, 6.45) is 6.10. The summed E-state index contributed by atoms with van der Waals surface area (Å²) in [7, 11) is 0. The maximum Gasteiger partial charge on any atom is 0.233 e. The number of hydrogen-bond donors (Lipinski definition) is 0. The van der Waals surface area contributed by atoms with Crippen molar-refractivity contribution in [3.63, 3.8) is 0 Å². The lowest BCUT2D eigenvalue weighted by molar-refractivity contribution is -0.141. The molecular weight excluding hydrogens is 412 g/mol. The van der Waals surface area contributed by atoms with Crippen molar-refractivity contribution in [2.24, 2.45) is 5.92 Å². The summed E-state index contributed by atoms with van der Waals surface area (Å²) >= 11 is 0. The third kappa shape index (κ3) is 4.53. The standard InChI is InChI=1S/C28H32N2O3/c1-21-5-7-25(8-6-21)28(10-14-32-15-11-28)27(31)30-13-16-33-20-22(19-30)17-23-3-2-4-24-18-29-12-9-26(23)24/h2-9,12,18,22H,10-11,13-17,19-20H2,1H3. The number of nitrogens with zero attached hydrogens (tertiary/aromatic N) is 2. The highest BCUT2D eigenvalue weighted by atomic mass is 16.5. The lowest BCUT2D eigenvalue weighted by atomic mass is 9.72. The third-order valence-electron chi connectivity index (χ3n) is 7.26. The van der Waals surface area contributed by atoms with E-state index in [9.17, 15) is 4.79 Å². The quantitative estimate of drug-likeness (QED) is 0.602. The first-order chi connectivity index (χ1) is 16.2. The van der Waals surface area contributed by atoms with Gasteiger partial charge in [0, 0.05) is 50.0 Å². The van der Waals surface area contributed by atoms with E-state index in [2.05, 4.69) is 65.3 Å². The van der Waals surface area contributed by atoms with Gasteiger partial charge in [0.1, 0.15) is 0 Å². The van der Waals surface area contributed by atoms with Crippen molar-refractivity contribution in [3.05, 3.63) is 77.6 Å². The van der Waals surface area contributed by atoms with Crippen LogP contribution in [0.5, 0.6) is 0 Å². The molecule has 1 amide bonds. The average Bonchev–Trinajstić information content (AvgIpc) is 3.10. The molecule has 1 unspecified atom stereocenters. The summed E-state index contributed by atoms with van der Waals surface area (Å²) in [5.41, 5.74) is 3.11. The van der Waals surface area contributed by atoms with Crippen LogP contribution < -0.4 is 0 Å². The van der Waals surface area contributed by atoms with Gasteiger partial charge in [0.05, 0.1) is 18.6 Å². The number of fused-ring (bicyclic) bond motifs is 1. The molecule has 33 heavy (non-hydrogen) atoms. The molecule has 5 heteroatoms. The Morgan fingerprint density at radius 3 is 2.70 bits per heavy atom. The molecule has 0 saturated carbocycles. The van der Waals surface area contributed by atoms with Crippen LogP contribution in [0.15, 0.2) is 60.9 Å². The minimum atomic E-state index is -0.508. The molecule has 5 rings (SSSR count). The molecule has 172 valence electrons. The molecule has 0 radical (unpaired) electrons. The van der Waals surface area contributed by atoms with Crippen LogP contribution in [0.2, 0.25) is 0 Å². The predicted molar refractivity (Wildman–Crippen MR) is 129 cm³/mol. The molecule has 0 N–H and O–H groups in total. The first-order valence-corrected chi connectivity index (χ1v) is 12.0. The molecule has 0 spiro atoms. The van der Waals surface area contributed by atoms with Crippen LogP contribution in [-0.4, -0.2) is 55.3 Å². The van der Waals surface area contributed by atoms with E-state index in [0.29, 0.717) is 33.0 Å². The maximum atomic E-state index is 14.1. The van der Waals surface area contributed by atoms with E-state index in [1.807, 2.05) is 12.4 Å². The minimum Gasteiger partial charge on any atom is -0.381 e. The summed E-state index contributed by atoms with van der Waals surface area (Å²) in [6, 6.07) is 17.0. The Balaban J connectivity index is 1.40. The zero-order valence-corrected chi connectivity index (χ0v) is 19.3. The highest BCUT2D eigenvalue weighted by Gasteiger charge is 2.44. The van der Waals surface area contributed by atoms with Gasteiger partial charge in [0.15, 0.2) is 0 Å². The SMILES string of the molecule is Cc1ccc(C2(C(=O)N3CCOCC(Cc4cccc5cnccc45)C3)CCOCC2)cc1. The normalized spacial score (nSPS) is 21.0. The van der Waals surface area contributed by atoms with Gasteiger partial charge in [0.25, 0.3) is 0 Å². The number of benzene rings is 2. The molecule has 2 fully saturated rings. The van der Waals surface area contributed by atoms with E-state index in [1.54, 1.807) is 0 Å². The molecular formula is C28H32N2O3. The third-order valence-corrected chi connectivity index (χ3v) is 7.26. The van der Waals surface area contributed by atoms with Gasteiger partial charge in [-0.05, 0) is 48.8 Å². The van der Waals surface area contributed by atoms with Crippen LogP contribution >= 0.6 is 0 Å². The van der Waals surface area contributed by atoms with Gasteiger partial charge in [-0.1, -0.05) is 48.0 Å². The first kappa shape index (κ1) is 22.1. The van der Waals surface area contributed by atoms with Crippen LogP contribution in [0.4, 0.5) is 0 Å². The number of carbonyl (C=O) groups excluding carboxylic acids is 1. The smallest absolute Gasteiger partial charge is 0.233 e. The van der Waals surface area contributed by atoms with Gasteiger partial charge >= 0.3 is 0 Å². The van der Waals surface area contributed by atoms with E-state index in [4.69, 9.17) is 9.47 Å². The Hall–Kier alpha value is -2.76. The Kier molecular flexibility index (Phi) is 6.43. The highest BCUT2D eigenvalue weighted by molar-refractivity contribution is 5.88. The fourth-order valence-electron chi connectivity index (χ4n) is 5.39. The van der Waals surface area contributed by atoms with Crippen molar-refractivity contribution in [3.8, 4) is 0 Å². The van der Waals surface area contributed by atoms with Crippen molar-refractivity contribution < 1.29 is 14.3 Å². The number of amides is 1. The summed E-state index contributed by atoms with van der Waals surface area (Å²) < 4.78 is 11.7. The van der Waals surface area contributed by atoms with E-state index >= 15 is 0 Å². The number of ether oxygens (including phenoxy) is 2. The van der Waals surface area contributed by atoms with Gasteiger partial charge in [-0.3, -0.25) is 9.78 Å². The molecule has 5 nitrogen and oxygen atoms in total. The van der Waals surface area contributed by atoms with Crippen molar-refractivity contribution in [1.82, 2.24) is 9.88 Å². The summed E-state index contributed by atoms with van der Waals surface area (Å²) in [5.74, 6) is 0.484. The van der Waals surface area contributed by atoms with E-state index < -0.39 is 5.41 Å².